The van der Waals surface area contributed by atoms with E-state index in [4.69, 9.17) is 0 Å². The molecule has 5 atom stereocenters. The summed E-state index contributed by atoms with van der Waals surface area (Å²) < 4.78 is 0.550. The van der Waals surface area contributed by atoms with Crippen LogP contribution in [0.1, 0.15) is 79.1 Å². The molecular formula is C21H36S2. The lowest BCUT2D eigenvalue weighted by molar-refractivity contribution is -0.115. The first-order valence-corrected chi connectivity index (χ1v) is 12.1. The Morgan fingerprint density at radius 3 is 2.30 bits per heavy atom. The third-order valence-corrected chi connectivity index (χ3v) is 12.1. The molecule has 0 spiro atoms. The summed E-state index contributed by atoms with van der Waals surface area (Å²) in [6.45, 7) is 10.4. The number of fused-ring (bicyclic) bond motifs is 3. The molecule has 23 heavy (non-hydrogen) atoms. The van der Waals surface area contributed by atoms with Crippen molar-refractivity contribution in [2.45, 2.75) is 83.1 Å². The molecule has 2 heteroatoms. The van der Waals surface area contributed by atoms with Gasteiger partial charge in [0.15, 0.2) is 0 Å². The van der Waals surface area contributed by atoms with Gasteiger partial charge in [0, 0.05) is 11.5 Å². The molecule has 4 fully saturated rings. The second kappa shape index (κ2) is 5.86. The summed E-state index contributed by atoms with van der Waals surface area (Å²) in [5, 5.41) is 0. The maximum Gasteiger partial charge on any atom is 0.0611 e. The van der Waals surface area contributed by atoms with Gasteiger partial charge in [0.05, 0.1) is 4.08 Å². The number of hydrogen-bond donors (Lipinski definition) is 0. The molecule has 0 bridgehead atoms. The van der Waals surface area contributed by atoms with Crippen molar-refractivity contribution in [2.75, 3.05) is 11.5 Å². The van der Waals surface area contributed by atoms with Crippen molar-refractivity contribution in [3.63, 3.8) is 0 Å². The Labute approximate surface area is 152 Å². The summed E-state index contributed by atoms with van der Waals surface area (Å²) >= 11 is 4.55. The molecule has 0 amide bonds. The molecule has 0 N–H and O–H groups in total. The van der Waals surface area contributed by atoms with Crippen molar-refractivity contribution >= 4 is 23.5 Å². The summed E-state index contributed by atoms with van der Waals surface area (Å²) in [4.78, 5) is 0. The van der Waals surface area contributed by atoms with E-state index in [1.54, 1.807) is 6.42 Å². The Morgan fingerprint density at radius 1 is 0.826 bits per heavy atom. The molecule has 132 valence electrons. The maximum absolute atomic E-state index is 2.70. The first-order valence-electron chi connectivity index (χ1n) is 10.1. The first-order chi connectivity index (χ1) is 10.9. The lowest BCUT2D eigenvalue weighted by Gasteiger charge is -2.61. The summed E-state index contributed by atoms with van der Waals surface area (Å²) in [6, 6.07) is 0. The maximum atomic E-state index is 2.70. The molecule has 4 rings (SSSR count). The van der Waals surface area contributed by atoms with Gasteiger partial charge in [0.25, 0.3) is 0 Å². The summed E-state index contributed by atoms with van der Waals surface area (Å²) in [7, 11) is 0. The minimum absolute atomic E-state index is 0.550. The van der Waals surface area contributed by atoms with Gasteiger partial charge in [-0.1, -0.05) is 27.2 Å². The van der Waals surface area contributed by atoms with Gasteiger partial charge < -0.3 is 0 Å². The van der Waals surface area contributed by atoms with Gasteiger partial charge >= 0.3 is 0 Å². The molecule has 1 saturated heterocycles. The van der Waals surface area contributed by atoms with Crippen molar-refractivity contribution in [2.24, 2.45) is 34.5 Å². The van der Waals surface area contributed by atoms with Gasteiger partial charge in [-0.2, -0.15) is 0 Å². The minimum atomic E-state index is 0.550. The molecule has 0 aromatic rings. The van der Waals surface area contributed by atoms with E-state index in [1.165, 1.54) is 56.5 Å². The average molecular weight is 353 g/mol. The summed E-state index contributed by atoms with van der Waals surface area (Å²) in [5.74, 6) is 6.84. The second-order valence-corrected chi connectivity index (χ2v) is 13.4. The zero-order valence-corrected chi connectivity index (χ0v) is 17.3. The van der Waals surface area contributed by atoms with E-state index in [9.17, 15) is 0 Å². The highest BCUT2D eigenvalue weighted by atomic mass is 32.2. The van der Waals surface area contributed by atoms with Crippen LogP contribution in [0, 0.1) is 34.5 Å². The molecular weight excluding hydrogens is 316 g/mol. The molecule has 0 aromatic heterocycles. The number of hydrogen-bond acceptors (Lipinski definition) is 2. The molecule has 1 unspecified atom stereocenters. The number of rotatable bonds is 1. The van der Waals surface area contributed by atoms with Crippen LogP contribution in [0.15, 0.2) is 0 Å². The predicted molar refractivity (Wildman–Crippen MR) is 106 cm³/mol. The zero-order valence-electron chi connectivity index (χ0n) is 15.7. The Morgan fingerprint density at radius 2 is 1.57 bits per heavy atom. The normalized spacial score (nSPS) is 48.5. The van der Waals surface area contributed by atoms with Crippen LogP contribution in [0.25, 0.3) is 0 Å². The molecule has 4 aliphatic rings. The fourth-order valence-corrected chi connectivity index (χ4v) is 10.6. The Hall–Kier alpha value is 0.700. The van der Waals surface area contributed by atoms with E-state index in [1.807, 2.05) is 0 Å². The largest absolute Gasteiger partial charge is 0.143 e. The van der Waals surface area contributed by atoms with E-state index in [2.05, 4.69) is 51.2 Å². The Kier molecular flexibility index (Phi) is 4.37. The van der Waals surface area contributed by atoms with Crippen LogP contribution in [-0.4, -0.2) is 15.6 Å². The highest BCUT2D eigenvalue weighted by molar-refractivity contribution is 8.21. The van der Waals surface area contributed by atoms with Crippen molar-refractivity contribution < 1.29 is 0 Å². The monoisotopic (exact) mass is 352 g/mol. The van der Waals surface area contributed by atoms with Gasteiger partial charge in [-0.25, -0.2) is 0 Å². The fraction of sp³-hybridized carbons (Fsp3) is 1.00. The van der Waals surface area contributed by atoms with E-state index in [0.717, 1.165) is 23.7 Å². The van der Waals surface area contributed by atoms with Crippen LogP contribution in [0.3, 0.4) is 0 Å². The van der Waals surface area contributed by atoms with Crippen LogP contribution in [0.4, 0.5) is 0 Å². The topological polar surface area (TPSA) is 0 Å². The fourth-order valence-electron chi connectivity index (χ4n) is 7.40. The lowest BCUT2D eigenvalue weighted by atomic mass is 9.44. The lowest BCUT2D eigenvalue weighted by Crippen LogP contribution is -2.53. The molecule has 3 saturated carbocycles. The molecule has 3 aliphatic carbocycles. The first kappa shape index (κ1) is 17.1. The Balaban J connectivity index is 1.53. The quantitative estimate of drug-likeness (QED) is 0.506. The molecule has 1 aliphatic heterocycles. The van der Waals surface area contributed by atoms with Crippen LogP contribution in [0.5, 0.6) is 0 Å². The van der Waals surface area contributed by atoms with Gasteiger partial charge in [0.1, 0.15) is 0 Å². The predicted octanol–water partition coefficient (Wildman–Crippen LogP) is 6.84. The van der Waals surface area contributed by atoms with Gasteiger partial charge in [0.2, 0.25) is 0 Å². The minimum Gasteiger partial charge on any atom is -0.143 e. The van der Waals surface area contributed by atoms with Crippen LogP contribution >= 0.6 is 23.5 Å². The van der Waals surface area contributed by atoms with Crippen molar-refractivity contribution in [3.05, 3.63) is 0 Å². The molecule has 0 nitrogen and oxygen atoms in total. The van der Waals surface area contributed by atoms with Crippen molar-refractivity contribution in [1.82, 2.24) is 0 Å². The molecule has 1 heterocycles. The highest BCUT2D eigenvalue weighted by Gasteiger charge is 2.56. The van der Waals surface area contributed by atoms with Crippen LogP contribution in [-0.2, 0) is 0 Å². The van der Waals surface area contributed by atoms with Gasteiger partial charge in [-0.05, 0) is 86.4 Å². The third-order valence-electron chi connectivity index (χ3n) is 8.53. The average Bonchev–Trinajstić information content (AvgIpc) is 2.94. The summed E-state index contributed by atoms with van der Waals surface area (Å²) in [5.41, 5.74) is 1.25. The van der Waals surface area contributed by atoms with E-state index >= 15 is 0 Å². The summed E-state index contributed by atoms with van der Waals surface area (Å²) in [6.07, 6.45) is 12.1. The third kappa shape index (κ3) is 2.73. The Bertz CT molecular complexity index is 451. The standard InChI is InChI=1S/C21H36S2/c1-19(2)10-5-11-20(3)17-8-7-16(21(4)22-12-13-23-21)14-15(17)6-9-18(19)20/h15-18H,5-14H2,1-4H3/t15-,16-,17-,18?,20+/m0/s1. The van der Waals surface area contributed by atoms with E-state index in [-0.39, 0.29) is 0 Å². The smallest absolute Gasteiger partial charge is 0.0611 e. The van der Waals surface area contributed by atoms with Crippen LogP contribution < -0.4 is 0 Å². The van der Waals surface area contributed by atoms with Crippen molar-refractivity contribution in [1.29, 1.82) is 0 Å². The SMILES string of the molecule is CC1(C)CCC[C@@]2(C)C1CC[C@H]1C[C@@H](C3(C)SCCS3)CC[C@@H]12. The van der Waals surface area contributed by atoms with Crippen molar-refractivity contribution in [3.8, 4) is 0 Å². The molecule has 0 radical (unpaired) electrons. The van der Waals surface area contributed by atoms with E-state index in [0.29, 0.717) is 14.9 Å². The zero-order chi connectivity index (χ0) is 16.3. The second-order valence-electron chi connectivity index (χ2n) is 10.1. The highest BCUT2D eigenvalue weighted by Crippen LogP contribution is 2.65. The van der Waals surface area contributed by atoms with Crippen LogP contribution in [0.2, 0.25) is 0 Å². The van der Waals surface area contributed by atoms with Gasteiger partial charge in [-0.15, -0.1) is 23.5 Å². The van der Waals surface area contributed by atoms with Gasteiger partial charge in [-0.3, -0.25) is 0 Å². The van der Waals surface area contributed by atoms with E-state index < -0.39 is 0 Å². The number of thioether (sulfide) groups is 2. The molecule has 0 aromatic carbocycles.